The lowest BCUT2D eigenvalue weighted by molar-refractivity contribution is -0.119. The second-order valence-electron chi connectivity index (χ2n) is 5.87. The van der Waals surface area contributed by atoms with Crippen LogP contribution in [0, 0.1) is 0 Å². The summed E-state index contributed by atoms with van der Waals surface area (Å²) >= 11 is 0. The Morgan fingerprint density at radius 3 is 2.80 bits per heavy atom. The van der Waals surface area contributed by atoms with Gasteiger partial charge in [-0.05, 0) is 43.5 Å². The van der Waals surface area contributed by atoms with Gasteiger partial charge in [-0.15, -0.1) is 0 Å². The molecule has 1 unspecified atom stereocenters. The molecule has 1 aliphatic rings. The van der Waals surface area contributed by atoms with E-state index in [4.69, 9.17) is 5.73 Å². The Balaban J connectivity index is 1.94. The third-order valence-electron chi connectivity index (χ3n) is 4.08. The Labute approximate surface area is 122 Å². The predicted octanol–water partition coefficient (Wildman–Crippen LogP) is 3.91. The van der Waals surface area contributed by atoms with Crippen LogP contribution in [0.1, 0.15) is 57.9 Å². The van der Waals surface area contributed by atoms with Gasteiger partial charge in [0.25, 0.3) is 0 Å². The van der Waals surface area contributed by atoms with Gasteiger partial charge in [-0.1, -0.05) is 32.6 Å². The summed E-state index contributed by atoms with van der Waals surface area (Å²) in [6, 6.07) is 6.14. The summed E-state index contributed by atoms with van der Waals surface area (Å²) in [7, 11) is 0. The van der Waals surface area contributed by atoms with Crippen molar-refractivity contribution in [2.24, 2.45) is 0 Å². The number of anilines is 2. The topological polar surface area (TPSA) is 46.3 Å². The van der Waals surface area contributed by atoms with Gasteiger partial charge in [-0.25, -0.2) is 0 Å². The van der Waals surface area contributed by atoms with E-state index in [2.05, 4.69) is 13.8 Å². The van der Waals surface area contributed by atoms with Crippen LogP contribution in [-0.4, -0.2) is 11.9 Å². The zero-order valence-corrected chi connectivity index (χ0v) is 12.7. The summed E-state index contributed by atoms with van der Waals surface area (Å²) in [6.45, 7) is 4.32. The monoisotopic (exact) mass is 274 g/mol. The molecule has 3 nitrogen and oxygen atoms in total. The summed E-state index contributed by atoms with van der Waals surface area (Å²) in [5.41, 5.74) is 8.87. The lowest BCUT2D eigenvalue weighted by atomic mass is 10.1. The number of nitrogens with two attached hydrogens (primary N) is 1. The molecule has 0 saturated heterocycles. The maximum atomic E-state index is 12.4. The van der Waals surface area contributed by atoms with Gasteiger partial charge < -0.3 is 10.6 Å². The maximum Gasteiger partial charge on any atom is 0.227 e. The Bertz CT molecular complexity index is 470. The van der Waals surface area contributed by atoms with Crippen LogP contribution in [0.25, 0.3) is 0 Å². The number of unbranched alkanes of at least 4 members (excludes halogenated alkanes) is 4. The van der Waals surface area contributed by atoms with Crippen LogP contribution in [0.5, 0.6) is 0 Å². The van der Waals surface area contributed by atoms with Gasteiger partial charge in [0.2, 0.25) is 5.91 Å². The molecular weight excluding hydrogens is 248 g/mol. The number of fused-ring (bicyclic) bond motifs is 1. The maximum absolute atomic E-state index is 12.4. The van der Waals surface area contributed by atoms with Crippen LogP contribution in [0.15, 0.2) is 18.2 Å². The summed E-state index contributed by atoms with van der Waals surface area (Å²) in [6.07, 6.45) is 7.51. The van der Waals surface area contributed by atoms with Crippen LogP contribution in [0.3, 0.4) is 0 Å². The van der Waals surface area contributed by atoms with E-state index in [-0.39, 0.29) is 11.9 Å². The molecule has 0 bridgehead atoms. The van der Waals surface area contributed by atoms with Crippen LogP contribution in [0.4, 0.5) is 11.4 Å². The highest BCUT2D eigenvalue weighted by molar-refractivity contribution is 5.96. The van der Waals surface area contributed by atoms with Crippen molar-refractivity contribution in [3.63, 3.8) is 0 Å². The van der Waals surface area contributed by atoms with Gasteiger partial charge in [0.15, 0.2) is 0 Å². The van der Waals surface area contributed by atoms with Crippen molar-refractivity contribution in [2.45, 2.75) is 64.8 Å². The summed E-state index contributed by atoms with van der Waals surface area (Å²) in [5, 5.41) is 0. The third kappa shape index (κ3) is 3.33. The van der Waals surface area contributed by atoms with Gasteiger partial charge in [-0.2, -0.15) is 0 Å². The second-order valence-corrected chi connectivity index (χ2v) is 5.87. The lowest BCUT2D eigenvalue weighted by Gasteiger charge is -2.22. The normalized spacial score (nSPS) is 17.3. The standard InChI is InChI=1S/C17H26N2O/c1-3-4-5-6-7-8-17(20)19-13(2)11-14-12-15(18)9-10-16(14)19/h9-10,12-13H,3-8,11,18H2,1-2H3. The molecule has 1 heterocycles. The zero-order valence-electron chi connectivity index (χ0n) is 12.7. The highest BCUT2D eigenvalue weighted by Crippen LogP contribution is 2.34. The average Bonchev–Trinajstić information content (AvgIpc) is 2.73. The molecule has 110 valence electrons. The van der Waals surface area contributed by atoms with E-state index in [9.17, 15) is 4.79 Å². The second kappa shape index (κ2) is 6.78. The van der Waals surface area contributed by atoms with Crippen LogP contribution in [0.2, 0.25) is 0 Å². The SMILES string of the molecule is CCCCCCCC(=O)N1c2ccc(N)cc2CC1C. The smallest absolute Gasteiger partial charge is 0.227 e. The van der Waals surface area contributed by atoms with E-state index in [0.717, 1.165) is 30.6 Å². The fourth-order valence-corrected chi connectivity index (χ4v) is 3.03. The number of carbonyl (C=O) groups excluding carboxylic acids is 1. The fraction of sp³-hybridized carbons (Fsp3) is 0.588. The molecule has 1 aliphatic heterocycles. The van der Waals surface area contributed by atoms with Crippen molar-refractivity contribution in [2.75, 3.05) is 10.6 Å². The Morgan fingerprint density at radius 2 is 2.05 bits per heavy atom. The first-order valence-electron chi connectivity index (χ1n) is 7.84. The van der Waals surface area contributed by atoms with Crippen molar-refractivity contribution in [1.29, 1.82) is 0 Å². The Kier molecular flexibility index (Phi) is 5.05. The molecule has 2 N–H and O–H groups in total. The van der Waals surface area contributed by atoms with Gasteiger partial charge in [-0.3, -0.25) is 4.79 Å². The Hall–Kier alpha value is -1.51. The van der Waals surface area contributed by atoms with E-state index >= 15 is 0 Å². The average molecular weight is 274 g/mol. The molecule has 0 aromatic heterocycles. The summed E-state index contributed by atoms with van der Waals surface area (Å²) in [5.74, 6) is 0.262. The van der Waals surface area contributed by atoms with E-state index in [1.807, 2.05) is 23.1 Å². The van der Waals surface area contributed by atoms with Crippen molar-refractivity contribution in [3.8, 4) is 0 Å². The number of rotatable bonds is 6. The summed E-state index contributed by atoms with van der Waals surface area (Å²) < 4.78 is 0. The molecule has 1 aromatic rings. The van der Waals surface area contributed by atoms with E-state index in [1.165, 1.54) is 24.8 Å². The first-order chi connectivity index (χ1) is 9.63. The quantitative estimate of drug-likeness (QED) is 0.631. The number of carbonyl (C=O) groups is 1. The minimum atomic E-state index is 0.259. The summed E-state index contributed by atoms with van der Waals surface area (Å²) in [4.78, 5) is 14.4. The number of nitrogen functional groups attached to an aromatic ring is 1. The molecule has 0 radical (unpaired) electrons. The molecule has 1 atom stereocenters. The molecule has 20 heavy (non-hydrogen) atoms. The van der Waals surface area contributed by atoms with Crippen molar-refractivity contribution >= 4 is 17.3 Å². The van der Waals surface area contributed by atoms with Gasteiger partial charge >= 0.3 is 0 Å². The number of benzene rings is 1. The molecule has 1 amide bonds. The molecule has 0 aliphatic carbocycles. The number of amides is 1. The molecule has 3 heteroatoms. The molecular formula is C17H26N2O. The van der Waals surface area contributed by atoms with E-state index in [0.29, 0.717) is 6.42 Å². The Morgan fingerprint density at radius 1 is 1.30 bits per heavy atom. The highest BCUT2D eigenvalue weighted by Gasteiger charge is 2.30. The van der Waals surface area contributed by atoms with Crippen LogP contribution in [-0.2, 0) is 11.2 Å². The first-order valence-corrected chi connectivity index (χ1v) is 7.84. The van der Waals surface area contributed by atoms with Crippen LogP contribution >= 0.6 is 0 Å². The fourth-order valence-electron chi connectivity index (χ4n) is 3.03. The van der Waals surface area contributed by atoms with Crippen molar-refractivity contribution in [1.82, 2.24) is 0 Å². The number of nitrogens with zero attached hydrogens (tertiary/aromatic N) is 1. The molecule has 0 spiro atoms. The van der Waals surface area contributed by atoms with Gasteiger partial charge in [0.05, 0.1) is 0 Å². The molecule has 1 aromatic carbocycles. The number of hydrogen-bond donors (Lipinski definition) is 1. The lowest BCUT2D eigenvalue weighted by Crippen LogP contribution is -2.35. The van der Waals surface area contributed by atoms with E-state index in [1.54, 1.807) is 0 Å². The minimum absolute atomic E-state index is 0.259. The van der Waals surface area contributed by atoms with E-state index < -0.39 is 0 Å². The van der Waals surface area contributed by atoms with Gasteiger partial charge in [0.1, 0.15) is 0 Å². The van der Waals surface area contributed by atoms with Crippen LogP contribution < -0.4 is 10.6 Å². The third-order valence-corrected chi connectivity index (χ3v) is 4.08. The predicted molar refractivity (Wildman–Crippen MR) is 84.9 cm³/mol. The largest absolute Gasteiger partial charge is 0.399 e. The number of hydrogen-bond acceptors (Lipinski definition) is 2. The first kappa shape index (κ1) is 14.9. The molecule has 0 saturated carbocycles. The molecule has 2 rings (SSSR count). The van der Waals surface area contributed by atoms with Crippen molar-refractivity contribution < 1.29 is 4.79 Å². The minimum Gasteiger partial charge on any atom is -0.399 e. The molecule has 0 fully saturated rings. The van der Waals surface area contributed by atoms with Crippen molar-refractivity contribution in [3.05, 3.63) is 23.8 Å². The highest BCUT2D eigenvalue weighted by atomic mass is 16.2. The zero-order chi connectivity index (χ0) is 14.5. The van der Waals surface area contributed by atoms with Gasteiger partial charge in [0, 0.05) is 23.8 Å².